The van der Waals surface area contributed by atoms with Gasteiger partial charge in [-0.25, -0.2) is 4.39 Å². The van der Waals surface area contributed by atoms with Crippen molar-refractivity contribution in [3.8, 4) is 0 Å². The number of hydrogen-bond donors (Lipinski definition) is 2. The van der Waals surface area contributed by atoms with Crippen LogP contribution in [0.15, 0.2) is 18.2 Å². The second kappa shape index (κ2) is 6.03. The number of halogens is 1. The quantitative estimate of drug-likeness (QED) is 0.801. The summed E-state index contributed by atoms with van der Waals surface area (Å²) in [5, 5.41) is 18.3. The normalized spacial score (nSPS) is 24.5. The van der Waals surface area contributed by atoms with Crippen molar-refractivity contribution in [3.63, 3.8) is 0 Å². The lowest BCUT2D eigenvalue weighted by Gasteiger charge is -2.35. The first-order valence-electron chi connectivity index (χ1n) is 6.83. The lowest BCUT2D eigenvalue weighted by molar-refractivity contribution is 0.132. The van der Waals surface area contributed by atoms with Crippen molar-refractivity contribution in [1.82, 2.24) is 4.90 Å². The summed E-state index contributed by atoms with van der Waals surface area (Å²) >= 11 is 0. The van der Waals surface area contributed by atoms with Crippen molar-refractivity contribution in [2.75, 3.05) is 13.1 Å². The highest BCUT2D eigenvalue weighted by Gasteiger charge is 2.23. The number of nitrogens with zero attached hydrogens (tertiary/aromatic N) is 1. The Kier molecular flexibility index (Phi) is 4.60. The maximum absolute atomic E-state index is 13.4. The molecule has 1 aromatic carbocycles. The molecule has 0 spiro atoms. The zero-order chi connectivity index (χ0) is 14.0. The highest BCUT2D eigenvalue weighted by atomic mass is 19.1. The van der Waals surface area contributed by atoms with Crippen LogP contribution in [0.4, 0.5) is 4.39 Å². The Labute approximate surface area is 114 Å². The minimum absolute atomic E-state index is 0.216. The molecule has 0 aliphatic carbocycles. The van der Waals surface area contributed by atoms with Crippen molar-refractivity contribution in [3.05, 3.63) is 29.6 Å². The molecule has 0 aromatic heterocycles. The summed E-state index contributed by atoms with van der Waals surface area (Å²) in [5.41, 5.74) is 1.01. The maximum Gasteiger partial charge on any atom is 0.488 e. The molecule has 2 rings (SSSR count). The van der Waals surface area contributed by atoms with Crippen molar-refractivity contribution in [2.45, 2.75) is 26.8 Å². The Morgan fingerprint density at radius 3 is 2.63 bits per heavy atom. The minimum Gasteiger partial charge on any atom is -0.423 e. The molecule has 1 aromatic rings. The van der Waals surface area contributed by atoms with E-state index in [1.165, 1.54) is 6.07 Å². The summed E-state index contributed by atoms with van der Waals surface area (Å²) in [6.07, 6.45) is 1.16. The highest BCUT2D eigenvalue weighted by molar-refractivity contribution is 6.58. The molecule has 0 bridgehead atoms. The summed E-state index contributed by atoms with van der Waals surface area (Å²) in [6, 6.07) is 4.29. The summed E-state index contributed by atoms with van der Waals surface area (Å²) in [5.74, 6) is 0.961. The van der Waals surface area contributed by atoms with E-state index in [2.05, 4.69) is 18.7 Å². The fourth-order valence-corrected chi connectivity index (χ4v) is 2.67. The SMILES string of the molecule is CC1CCN(Cc2cc(F)cc(B(O)O)c2)CC1C. The summed E-state index contributed by atoms with van der Waals surface area (Å²) in [7, 11) is -1.62. The van der Waals surface area contributed by atoms with Gasteiger partial charge in [-0.1, -0.05) is 19.9 Å². The third kappa shape index (κ3) is 3.78. The molecule has 3 nitrogen and oxygen atoms in total. The van der Waals surface area contributed by atoms with E-state index in [0.717, 1.165) is 37.1 Å². The van der Waals surface area contributed by atoms with Gasteiger partial charge in [-0.3, -0.25) is 4.90 Å². The Bertz CT molecular complexity index is 441. The van der Waals surface area contributed by atoms with Gasteiger partial charge in [-0.05, 0) is 48.0 Å². The van der Waals surface area contributed by atoms with Crippen LogP contribution in [0.3, 0.4) is 0 Å². The van der Waals surface area contributed by atoms with E-state index in [1.807, 2.05) is 0 Å². The van der Waals surface area contributed by atoms with Gasteiger partial charge >= 0.3 is 7.12 Å². The first kappa shape index (κ1) is 14.5. The van der Waals surface area contributed by atoms with E-state index < -0.39 is 12.9 Å². The van der Waals surface area contributed by atoms with Crippen molar-refractivity contribution >= 4 is 12.6 Å². The van der Waals surface area contributed by atoms with E-state index in [0.29, 0.717) is 12.5 Å². The molecule has 0 radical (unpaired) electrons. The van der Waals surface area contributed by atoms with Gasteiger partial charge in [0.25, 0.3) is 0 Å². The maximum atomic E-state index is 13.4. The molecular formula is C14H21BFNO2. The number of likely N-dealkylation sites (tertiary alicyclic amines) is 1. The first-order valence-corrected chi connectivity index (χ1v) is 6.83. The smallest absolute Gasteiger partial charge is 0.423 e. The number of piperidine rings is 1. The predicted molar refractivity (Wildman–Crippen MR) is 74.4 cm³/mol. The van der Waals surface area contributed by atoms with Gasteiger partial charge < -0.3 is 10.0 Å². The van der Waals surface area contributed by atoms with Crippen molar-refractivity contribution in [2.24, 2.45) is 11.8 Å². The minimum atomic E-state index is -1.62. The molecule has 2 N–H and O–H groups in total. The molecule has 2 unspecified atom stereocenters. The highest BCUT2D eigenvalue weighted by Crippen LogP contribution is 2.23. The van der Waals surface area contributed by atoms with Crippen molar-refractivity contribution in [1.29, 1.82) is 0 Å². The fraction of sp³-hybridized carbons (Fsp3) is 0.571. The third-order valence-corrected chi connectivity index (χ3v) is 4.10. The van der Waals surface area contributed by atoms with Gasteiger partial charge in [0.1, 0.15) is 5.82 Å². The van der Waals surface area contributed by atoms with Crippen LogP contribution in [0.25, 0.3) is 0 Å². The monoisotopic (exact) mass is 265 g/mol. The Balaban J connectivity index is 2.07. The van der Waals surface area contributed by atoms with Crippen LogP contribution in [0, 0.1) is 17.7 Å². The van der Waals surface area contributed by atoms with Gasteiger partial charge in [-0.2, -0.15) is 0 Å². The van der Waals surface area contributed by atoms with Crippen LogP contribution >= 0.6 is 0 Å². The molecule has 1 aliphatic heterocycles. The van der Waals surface area contributed by atoms with Crippen molar-refractivity contribution < 1.29 is 14.4 Å². The average Bonchev–Trinajstić information content (AvgIpc) is 2.33. The standard InChI is InChI=1S/C14H21BFNO2/c1-10-3-4-17(8-11(10)2)9-12-5-13(15(18)19)7-14(16)6-12/h5-7,10-11,18-19H,3-4,8-9H2,1-2H3. The van der Waals surface area contributed by atoms with E-state index in [-0.39, 0.29) is 5.46 Å². The van der Waals surface area contributed by atoms with Crippen LogP contribution in [-0.2, 0) is 6.54 Å². The van der Waals surface area contributed by atoms with Gasteiger partial charge in [0.15, 0.2) is 0 Å². The molecule has 5 heteroatoms. The summed E-state index contributed by atoms with van der Waals surface area (Å²) in [6.45, 7) is 7.19. The third-order valence-electron chi connectivity index (χ3n) is 4.10. The predicted octanol–water partition coefficient (Wildman–Crippen LogP) is 0.983. The van der Waals surface area contributed by atoms with Crippen LogP contribution in [-0.4, -0.2) is 35.2 Å². The fourth-order valence-electron chi connectivity index (χ4n) is 2.67. The molecule has 104 valence electrons. The second-order valence-electron chi connectivity index (χ2n) is 5.74. The lowest BCUT2D eigenvalue weighted by atomic mass is 9.79. The molecule has 1 heterocycles. The summed E-state index contributed by atoms with van der Waals surface area (Å²) < 4.78 is 13.4. The van der Waals surface area contributed by atoms with Crippen LogP contribution in [0.5, 0.6) is 0 Å². The first-order chi connectivity index (χ1) is 8.95. The summed E-state index contributed by atoms with van der Waals surface area (Å²) in [4.78, 5) is 2.30. The molecular weight excluding hydrogens is 244 g/mol. The topological polar surface area (TPSA) is 43.7 Å². The number of rotatable bonds is 3. The lowest BCUT2D eigenvalue weighted by Crippen LogP contribution is -2.38. The Morgan fingerprint density at radius 2 is 2.00 bits per heavy atom. The number of hydrogen-bond acceptors (Lipinski definition) is 3. The van der Waals surface area contributed by atoms with Crippen LogP contribution in [0.1, 0.15) is 25.8 Å². The molecule has 1 aliphatic rings. The van der Waals surface area contributed by atoms with E-state index in [9.17, 15) is 4.39 Å². The van der Waals surface area contributed by atoms with E-state index >= 15 is 0 Å². The molecule has 0 amide bonds. The van der Waals surface area contributed by atoms with Gasteiger partial charge in [-0.15, -0.1) is 0 Å². The molecule has 2 atom stereocenters. The molecule has 1 saturated heterocycles. The largest absolute Gasteiger partial charge is 0.488 e. The van der Waals surface area contributed by atoms with Crippen LogP contribution < -0.4 is 5.46 Å². The average molecular weight is 265 g/mol. The molecule has 0 saturated carbocycles. The zero-order valence-corrected chi connectivity index (χ0v) is 11.5. The second-order valence-corrected chi connectivity index (χ2v) is 5.74. The Hall–Kier alpha value is -0.905. The molecule has 1 fully saturated rings. The molecule has 19 heavy (non-hydrogen) atoms. The zero-order valence-electron chi connectivity index (χ0n) is 11.5. The van der Waals surface area contributed by atoms with E-state index in [4.69, 9.17) is 10.0 Å². The van der Waals surface area contributed by atoms with Crippen LogP contribution in [0.2, 0.25) is 0 Å². The van der Waals surface area contributed by atoms with Gasteiger partial charge in [0, 0.05) is 13.1 Å². The van der Waals surface area contributed by atoms with Gasteiger partial charge in [0.2, 0.25) is 0 Å². The number of benzene rings is 1. The van der Waals surface area contributed by atoms with Gasteiger partial charge in [0.05, 0.1) is 0 Å². The Morgan fingerprint density at radius 1 is 1.26 bits per heavy atom. The van der Waals surface area contributed by atoms with E-state index in [1.54, 1.807) is 6.07 Å².